The fourth-order valence-electron chi connectivity index (χ4n) is 4.73. The van der Waals surface area contributed by atoms with Gasteiger partial charge in [-0.25, -0.2) is 8.42 Å². The first-order chi connectivity index (χ1) is 18.1. The maximum atomic E-state index is 13.4. The summed E-state index contributed by atoms with van der Waals surface area (Å²) >= 11 is 0. The van der Waals surface area contributed by atoms with Crippen molar-refractivity contribution >= 4 is 21.8 Å². The first kappa shape index (κ1) is 25.9. The largest absolute Gasteiger partial charge is 0.480 e. The van der Waals surface area contributed by atoms with Crippen LogP contribution >= 0.6 is 0 Å². The molecule has 3 N–H and O–H groups in total. The summed E-state index contributed by atoms with van der Waals surface area (Å²) < 4.78 is 37.9. The molecule has 1 fully saturated rings. The molecule has 2 aliphatic rings. The minimum Gasteiger partial charge on any atom is -0.480 e. The second-order valence-corrected chi connectivity index (χ2v) is 11.3. The van der Waals surface area contributed by atoms with Gasteiger partial charge in [-0.1, -0.05) is 36.4 Å². The number of ketones is 1. The number of benzene rings is 3. The van der Waals surface area contributed by atoms with Crippen molar-refractivity contribution in [2.24, 2.45) is 0 Å². The lowest BCUT2D eigenvalue weighted by Gasteiger charge is -2.16. The summed E-state index contributed by atoms with van der Waals surface area (Å²) in [5.74, 6) is 0.0105. The molecule has 0 radical (unpaired) electrons. The van der Waals surface area contributed by atoms with E-state index in [0.717, 1.165) is 40.7 Å². The number of sulfonamides is 1. The van der Waals surface area contributed by atoms with E-state index in [0.29, 0.717) is 11.5 Å². The van der Waals surface area contributed by atoms with Crippen LogP contribution in [0.25, 0.3) is 11.1 Å². The molecule has 3 aromatic carbocycles. The van der Waals surface area contributed by atoms with E-state index in [4.69, 9.17) is 19.7 Å². The van der Waals surface area contributed by atoms with Crippen molar-refractivity contribution in [3.05, 3.63) is 77.4 Å². The number of carbonyl (C=O) groups is 2. The van der Waals surface area contributed by atoms with Crippen molar-refractivity contribution in [1.82, 2.24) is 4.72 Å². The summed E-state index contributed by atoms with van der Waals surface area (Å²) in [7, 11) is -4.14. The number of Topliss-reactive ketones (excluding diaryl/α,β-unsaturated/α-hetero) is 1. The average molecular weight is 538 g/mol. The minimum atomic E-state index is -4.14. The molecule has 10 heteroatoms. The summed E-state index contributed by atoms with van der Waals surface area (Å²) in [5, 5.41) is 18.2. The van der Waals surface area contributed by atoms with Gasteiger partial charge < -0.3 is 19.7 Å². The smallest absolute Gasteiger partial charge is 0.324 e. The number of aliphatic hydroxyl groups is 1. The molecule has 0 amide bonds. The van der Waals surface area contributed by atoms with Crippen LogP contribution in [0.5, 0.6) is 11.5 Å². The highest BCUT2D eigenvalue weighted by Crippen LogP contribution is 2.51. The first-order valence-electron chi connectivity index (χ1n) is 12.1. The Labute approximate surface area is 220 Å². The molecule has 1 atom stereocenters. The van der Waals surface area contributed by atoms with Gasteiger partial charge in [0.25, 0.3) is 0 Å². The number of fused-ring (bicyclic) bond motifs is 1. The third-order valence-electron chi connectivity index (χ3n) is 7.13. The molecule has 1 aliphatic heterocycles. The quantitative estimate of drug-likeness (QED) is 0.359. The van der Waals surface area contributed by atoms with Gasteiger partial charge >= 0.3 is 5.97 Å². The van der Waals surface area contributed by atoms with Gasteiger partial charge in [0.1, 0.15) is 11.8 Å². The van der Waals surface area contributed by atoms with Crippen molar-refractivity contribution in [3.8, 4) is 22.6 Å². The van der Waals surface area contributed by atoms with E-state index in [1.807, 2.05) is 48.0 Å². The average Bonchev–Trinajstić information content (AvgIpc) is 3.59. The lowest BCUT2D eigenvalue weighted by Crippen LogP contribution is -2.43. The van der Waals surface area contributed by atoms with E-state index in [2.05, 4.69) is 0 Å². The van der Waals surface area contributed by atoms with Crippen LogP contribution in [0.4, 0.5) is 0 Å². The van der Waals surface area contributed by atoms with Gasteiger partial charge in [0.05, 0.1) is 16.9 Å². The van der Waals surface area contributed by atoms with E-state index in [1.54, 1.807) is 12.1 Å². The van der Waals surface area contributed by atoms with Crippen molar-refractivity contribution in [2.45, 2.75) is 42.5 Å². The number of nitrogens with one attached hydrogen (secondary N) is 1. The molecule has 9 nitrogen and oxygen atoms in total. The van der Waals surface area contributed by atoms with Crippen LogP contribution in [-0.2, 0) is 31.4 Å². The molecule has 38 heavy (non-hydrogen) atoms. The van der Waals surface area contributed by atoms with Crippen LogP contribution in [0, 0.1) is 6.92 Å². The van der Waals surface area contributed by atoms with E-state index < -0.39 is 34.1 Å². The zero-order chi connectivity index (χ0) is 27.1. The Hall–Kier alpha value is -3.73. The van der Waals surface area contributed by atoms with Gasteiger partial charge in [0.2, 0.25) is 16.8 Å². The molecule has 5 rings (SSSR count). The van der Waals surface area contributed by atoms with E-state index >= 15 is 0 Å². The molecule has 0 saturated heterocycles. The molecule has 198 valence electrons. The maximum Gasteiger partial charge on any atom is 0.324 e. The molecular weight excluding hydrogens is 510 g/mol. The normalized spacial score (nSPS) is 16.2. The number of aliphatic hydroxyl groups excluding tert-OH is 1. The van der Waals surface area contributed by atoms with Gasteiger partial charge in [-0.15, -0.1) is 0 Å². The number of aryl methyl sites for hydroxylation is 1. The van der Waals surface area contributed by atoms with E-state index in [-0.39, 0.29) is 23.9 Å². The zero-order valence-electron chi connectivity index (χ0n) is 20.6. The lowest BCUT2D eigenvalue weighted by atomic mass is 9.87. The predicted octanol–water partition coefficient (Wildman–Crippen LogP) is 2.96. The number of carboxylic acid groups (broad SMARTS) is 1. The maximum absolute atomic E-state index is 13.4. The number of hydrogen-bond donors (Lipinski definition) is 3. The van der Waals surface area contributed by atoms with Crippen LogP contribution in [0.3, 0.4) is 0 Å². The Morgan fingerprint density at radius 2 is 1.71 bits per heavy atom. The standard InChI is InChI=1S/C28H27NO8S/c1-17-2-3-18(13-26(31)28(10-11-28)20-6-9-24-25(14-20)37-16-36-24)12-22(17)19-4-7-21(8-5-19)38(34,35)29-23(15-30)27(32)33/h2-9,12,14,23,29-30H,10-11,13,15-16H2,1H3,(H,32,33)/t23-/m0/s1. The third kappa shape index (κ3) is 4.90. The number of carboxylic acids is 1. The van der Waals surface area contributed by atoms with Crippen LogP contribution in [0.2, 0.25) is 0 Å². The van der Waals surface area contributed by atoms with E-state index in [9.17, 15) is 18.0 Å². The van der Waals surface area contributed by atoms with Crippen LogP contribution in [0.1, 0.15) is 29.5 Å². The Bertz CT molecular complexity index is 1510. The molecule has 0 aromatic heterocycles. The van der Waals surface area contributed by atoms with Gasteiger partial charge in [0.15, 0.2) is 11.5 Å². The molecular formula is C28H27NO8S. The van der Waals surface area contributed by atoms with Crippen LogP contribution in [-0.4, -0.2) is 49.8 Å². The number of carbonyl (C=O) groups excluding carboxylic acids is 1. The third-order valence-corrected chi connectivity index (χ3v) is 8.62. The minimum absolute atomic E-state index is 0.121. The fourth-order valence-corrected chi connectivity index (χ4v) is 5.91. The SMILES string of the molecule is Cc1ccc(CC(=O)C2(c3ccc4c(c3)OCO4)CC2)cc1-c1ccc(S(=O)(=O)N[C@@H](CO)C(=O)O)cc1. The summed E-state index contributed by atoms with van der Waals surface area (Å²) in [6.45, 7) is 1.25. The fraction of sp³-hybridized carbons (Fsp3) is 0.286. The van der Waals surface area contributed by atoms with E-state index in [1.165, 1.54) is 12.1 Å². The van der Waals surface area contributed by atoms with Gasteiger partial charge in [-0.2, -0.15) is 4.72 Å². The molecule has 0 bridgehead atoms. The molecule has 1 aliphatic carbocycles. The van der Waals surface area contributed by atoms with Gasteiger partial charge in [0, 0.05) is 6.42 Å². The van der Waals surface area contributed by atoms with Crippen LogP contribution in [0.15, 0.2) is 65.6 Å². The molecule has 1 heterocycles. The first-order valence-corrected chi connectivity index (χ1v) is 13.6. The number of hydrogen-bond acceptors (Lipinski definition) is 7. The molecule has 1 saturated carbocycles. The monoisotopic (exact) mass is 537 g/mol. The number of rotatable bonds is 10. The lowest BCUT2D eigenvalue weighted by molar-refractivity contribution is -0.139. The van der Waals surface area contributed by atoms with Gasteiger partial charge in [-0.3, -0.25) is 9.59 Å². The predicted molar refractivity (Wildman–Crippen MR) is 138 cm³/mol. The summed E-state index contributed by atoms with van der Waals surface area (Å²) in [5.41, 5.74) is 3.85. The molecule has 0 unspecified atom stereocenters. The second-order valence-electron chi connectivity index (χ2n) is 9.62. The van der Waals surface area contributed by atoms with Gasteiger partial charge in [-0.05, 0) is 71.8 Å². The van der Waals surface area contributed by atoms with Crippen molar-refractivity contribution in [1.29, 1.82) is 0 Å². The zero-order valence-corrected chi connectivity index (χ0v) is 21.5. The highest BCUT2D eigenvalue weighted by Gasteiger charge is 2.50. The molecule has 0 spiro atoms. The van der Waals surface area contributed by atoms with Crippen LogP contribution < -0.4 is 14.2 Å². The second kappa shape index (κ2) is 9.86. The highest BCUT2D eigenvalue weighted by molar-refractivity contribution is 7.89. The Balaban J connectivity index is 1.34. The highest BCUT2D eigenvalue weighted by atomic mass is 32.2. The van der Waals surface area contributed by atoms with Crippen molar-refractivity contribution in [3.63, 3.8) is 0 Å². The summed E-state index contributed by atoms with van der Waals surface area (Å²) in [4.78, 5) is 24.4. The number of aliphatic carboxylic acids is 1. The number of ether oxygens (including phenoxy) is 2. The summed E-state index contributed by atoms with van der Waals surface area (Å²) in [6.07, 6.45) is 1.83. The summed E-state index contributed by atoms with van der Waals surface area (Å²) in [6, 6.07) is 15.9. The van der Waals surface area contributed by atoms with Crippen molar-refractivity contribution in [2.75, 3.05) is 13.4 Å². The molecule has 3 aromatic rings. The van der Waals surface area contributed by atoms with Crippen molar-refractivity contribution < 1.29 is 37.7 Å². The Kier molecular flexibility index (Phi) is 6.72. The topological polar surface area (TPSA) is 139 Å². The Morgan fingerprint density at radius 1 is 1.00 bits per heavy atom. The Morgan fingerprint density at radius 3 is 2.37 bits per heavy atom.